The van der Waals surface area contributed by atoms with E-state index in [0.717, 1.165) is 22.7 Å². The highest BCUT2D eigenvalue weighted by Gasteiger charge is 2.18. The van der Waals surface area contributed by atoms with Gasteiger partial charge in [0, 0.05) is 12.7 Å². The van der Waals surface area contributed by atoms with E-state index in [1.807, 2.05) is 43.6 Å². The molecular weight excluding hydrogens is 302 g/mol. The molecule has 0 saturated heterocycles. The Morgan fingerprint density at radius 2 is 1.96 bits per heavy atom. The van der Waals surface area contributed by atoms with Crippen molar-refractivity contribution in [1.29, 1.82) is 0 Å². The van der Waals surface area contributed by atoms with Crippen LogP contribution in [0.15, 0.2) is 48.8 Å². The second-order valence-corrected chi connectivity index (χ2v) is 6.07. The van der Waals surface area contributed by atoms with Gasteiger partial charge in [0.15, 0.2) is 0 Å². The van der Waals surface area contributed by atoms with Crippen molar-refractivity contribution in [3.05, 3.63) is 65.6 Å². The zero-order valence-electron chi connectivity index (χ0n) is 14.3. The zero-order valence-corrected chi connectivity index (χ0v) is 14.3. The number of benzene rings is 1. The largest absolute Gasteiger partial charge is 0.497 e. The molecule has 1 unspecified atom stereocenters. The van der Waals surface area contributed by atoms with Crippen LogP contribution >= 0.6 is 0 Å². The average Bonchev–Trinajstić information content (AvgIpc) is 2.98. The van der Waals surface area contributed by atoms with Crippen LogP contribution in [0.25, 0.3) is 5.65 Å². The predicted molar refractivity (Wildman–Crippen MR) is 94.2 cm³/mol. The van der Waals surface area contributed by atoms with Crippen LogP contribution in [-0.4, -0.2) is 40.2 Å². The molecule has 0 aliphatic rings. The summed E-state index contributed by atoms with van der Waals surface area (Å²) in [6, 6.07) is 11.8. The van der Waals surface area contributed by atoms with Gasteiger partial charge < -0.3 is 14.2 Å². The smallest absolute Gasteiger partial charge is 0.136 e. The third-order valence-electron chi connectivity index (χ3n) is 4.35. The molecule has 2 aromatic heterocycles. The standard InChI is InChI=1S/C19H23N3O2/c1-14-4-9-19-20-10-16(22(19)11-14)12-21(2)18(13-23)15-5-7-17(24-3)8-6-15/h4-11,18,23H,12-13H2,1-3H3. The summed E-state index contributed by atoms with van der Waals surface area (Å²) in [5, 5.41) is 9.87. The summed E-state index contributed by atoms with van der Waals surface area (Å²) in [7, 11) is 3.66. The van der Waals surface area contributed by atoms with E-state index in [-0.39, 0.29) is 12.6 Å². The van der Waals surface area contributed by atoms with Gasteiger partial charge in [0.1, 0.15) is 11.4 Å². The molecule has 0 aliphatic heterocycles. The molecule has 0 amide bonds. The predicted octanol–water partition coefficient (Wildman–Crippen LogP) is 2.82. The number of pyridine rings is 1. The number of hydrogen-bond donors (Lipinski definition) is 1. The van der Waals surface area contributed by atoms with Crippen LogP contribution in [0.3, 0.4) is 0 Å². The number of likely N-dealkylation sites (N-methyl/N-ethyl adjacent to an activating group) is 1. The number of rotatable bonds is 6. The lowest BCUT2D eigenvalue weighted by Gasteiger charge is -2.26. The van der Waals surface area contributed by atoms with E-state index in [2.05, 4.69) is 33.5 Å². The van der Waals surface area contributed by atoms with Gasteiger partial charge in [-0.1, -0.05) is 18.2 Å². The maximum Gasteiger partial charge on any atom is 0.136 e. The Labute approximate surface area is 142 Å². The monoisotopic (exact) mass is 325 g/mol. The molecule has 0 fully saturated rings. The first-order valence-electron chi connectivity index (χ1n) is 8.00. The van der Waals surface area contributed by atoms with E-state index in [1.54, 1.807) is 7.11 Å². The first kappa shape index (κ1) is 16.5. The Hall–Kier alpha value is -2.37. The third-order valence-corrected chi connectivity index (χ3v) is 4.35. The van der Waals surface area contributed by atoms with E-state index >= 15 is 0 Å². The van der Waals surface area contributed by atoms with Crippen LogP contribution in [0.2, 0.25) is 0 Å². The van der Waals surface area contributed by atoms with Crippen molar-refractivity contribution in [2.24, 2.45) is 0 Å². The summed E-state index contributed by atoms with van der Waals surface area (Å²) in [5.41, 5.74) is 4.29. The number of ether oxygens (including phenoxy) is 1. The van der Waals surface area contributed by atoms with Gasteiger partial charge in [0.2, 0.25) is 0 Å². The molecule has 0 bridgehead atoms. The molecule has 5 heteroatoms. The Kier molecular flexibility index (Phi) is 4.83. The van der Waals surface area contributed by atoms with Crippen LogP contribution in [0.4, 0.5) is 0 Å². The lowest BCUT2D eigenvalue weighted by molar-refractivity contribution is 0.141. The number of aryl methyl sites for hydroxylation is 1. The van der Waals surface area contributed by atoms with E-state index in [0.29, 0.717) is 6.54 Å². The molecule has 1 aromatic carbocycles. The molecule has 126 valence electrons. The van der Waals surface area contributed by atoms with Gasteiger partial charge in [-0.2, -0.15) is 0 Å². The summed E-state index contributed by atoms with van der Waals surface area (Å²) < 4.78 is 7.31. The first-order chi connectivity index (χ1) is 11.6. The number of fused-ring (bicyclic) bond motifs is 1. The lowest BCUT2D eigenvalue weighted by Crippen LogP contribution is -2.27. The Morgan fingerprint density at radius 1 is 1.21 bits per heavy atom. The molecule has 0 saturated carbocycles. The maximum atomic E-state index is 9.87. The van der Waals surface area contributed by atoms with Gasteiger partial charge in [0.05, 0.1) is 31.6 Å². The molecule has 1 N–H and O–H groups in total. The van der Waals surface area contributed by atoms with Crippen molar-refractivity contribution in [2.75, 3.05) is 20.8 Å². The van der Waals surface area contributed by atoms with Gasteiger partial charge in [-0.15, -0.1) is 0 Å². The highest BCUT2D eigenvalue weighted by molar-refractivity contribution is 5.41. The van der Waals surface area contributed by atoms with Gasteiger partial charge in [-0.05, 0) is 43.3 Å². The van der Waals surface area contributed by atoms with E-state index < -0.39 is 0 Å². The highest BCUT2D eigenvalue weighted by Crippen LogP contribution is 2.23. The fourth-order valence-electron chi connectivity index (χ4n) is 2.95. The van der Waals surface area contributed by atoms with Gasteiger partial charge in [-0.3, -0.25) is 4.90 Å². The first-order valence-corrected chi connectivity index (χ1v) is 8.00. The summed E-state index contributed by atoms with van der Waals surface area (Å²) in [4.78, 5) is 6.58. The molecule has 3 rings (SSSR count). The van der Waals surface area contributed by atoms with Crippen molar-refractivity contribution in [3.8, 4) is 5.75 Å². The average molecular weight is 325 g/mol. The van der Waals surface area contributed by atoms with Crippen molar-refractivity contribution in [3.63, 3.8) is 0 Å². The SMILES string of the molecule is COc1ccc(C(CO)N(C)Cc2cnc3ccc(C)cn23)cc1. The number of nitrogens with zero attached hydrogens (tertiary/aromatic N) is 3. The fourth-order valence-corrected chi connectivity index (χ4v) is 2.95. The molecule has 0 aliphatic carbocycles. The number of aliphatic hydroxyl groups excluding tert-OH is 1. The summed E-state index contributed by atoms with van der Waals surface area (Å²) >= 11 is 0. The van der Waals surface area contributed by atoms with E-state index in [1.165, 1.54) is 5.56 Å². The molecular formula is C19H23N3O2. The molecule has 0 radical (unpaired) electrons. The van der Waals surface area contributed by atoms with Crippen LogP contribution in [0.5, 0.6) is 5.75 Å². The minimum absolute atomic E-state index is 0.0542. The van der Waals surface area contributed by atoms with Crippen LogP contribution in [0.1, 0.15) is 22.9 Å². The maximum absolute atomic E-state index is 9.87. The minimum Gasteiger partial charge on any atom is -0.497 e. The topological polar surface area (TPSA) is 50.0 Å². The number of aliphatic hydroxyl groups is 1. The number of imidazole rings is 1. The molecule has 0 spiro atoms. The molecule has 5 nitrogen and oxygen atoms in total. The Bertz CT molecular complexity index is 811. The Morgan fingerprint density at radius 3 is 2.62 bits per heavy atom. The second-order valence-electron chi connectivity index (χ2n) is 6.07. The lowest BCUT2D eigenvalue weighted by atomic mass is 10.1. The van der Waals surface area contributed by atoms with Crippen molar-refractivity contribution < 1.29 is 9.84 Å². The van der Waals surface area contributed by atoms with Gasteiger partial charge in [-0.25, -0.2) is 4.98 Å². The normalized spacial score (nSPS) is 12.7. The van der Waals surface area contributed by atoms with Crippen LogP contribution in [-0.2, 0) is 6.54 Å². The minimum atomic E-state index is -0.0775. The van der Waals surface area contributed by atoms with Crippen molar-refractivity contribution >= 4 is 5.65 Å². The van der Waals surface area contributed by atoms with Gasteiger partial charge in [0.25, 0.3) is 0 Å². The van der Waals surface area contributed by atoms with E-state index in [4.69, 9.17) is 4.74 Å². The number of methoxy groups -OCH3 is 1. The fraction of sp³-hybridized carbons (Fsp3) is 0.316. The van der Waals surface area contributed by atoms with Crippen LogP contribution in [0, 0.1) is 6.92 Å². The van der Waals surface area contributed by atoms with Crippen molar-refractivity contribution in [2.45, 2.75) is 19.5 Å². The molecule has 1 atom stereocenters. The Balaban J connectivity index is 1.82. The molecule has 3 aromatic rings. The summed E-state index contributed by atoms with van der Waals surface area (Å²) in [5.74, 6) is 0.815. The number of aromatic nitrogens is 2. The van der Waals surface area contributed by atoms with Crippen molar-refractivity contribution in [1.82, 2.24) is 14.3 Å². The van der Waals surface area contributed by atoms with E-state index in [9.17, 15) is 5.11 Å². The summed E-state index contributed by atoms with van der Waals surface area (Å²) in [6.07, 6.45) is 3.99. The van der Waals surface area contributed by atoms with Crippen LogP contribution < -0.4 is 4.74 Å². The molecule has 2 heterocycles. The van der Waals surface area contributed by atoms with Gasteiger partial charge >= 0.3 is 0 Å². The highest BCUT2D eigenvalue weighted by atomic mass is 16.5. The number of hydrogen-bond acceptors (Lipinski definition) is 4. The quantitative estimate of drug-likeness (QED) is 0.757. The summed E-state index contributed by atoms with van der Waals surface area (Å²) in [6.45, 7) is 2.82. The third kappa shape index (κ3) is 3.27. The molecule has 24 heavy (non-hydrogen) atoms. The second kappa shape index (κ2) is 7.03. The zero-order chi connectivity index (χ0) is 17.1.